The van der Waals surface area contributed by atoms with E-state index in [0.717, 1.165) is 11.3 Å². The number of ether oxygens (including phenoxy) is 4. The maximum atomic E-state index is 12.1. The summed E-state index contributed by atoms with van der Waals surface area (Å²) in [6.45, 7) is 2.86. The van der Waals surface area contributed by atoms with Crippen LogP contribution in [0.2, 0.25) is 0 Å². The van der Waals surface area contributed by atoms with Gasteiger partial charge >= 0.3 is 0 Å². The Bertz CT molecular complexity index is 702. The van der Waals surface area contributed by atoms with Crippen molar-refractivity contribution in [3.05, 3.63) is 47.5 Å². The molecule has 6 nitrogen and oxygen atoms in total. The number of hydrogen-bond donors (Lipinski definition) is 1. The summed E-state index contributed by atoms with van der Waals surface area (Å²) in [6.07, 6.45) is 0.210. The largest absolute Gasteiger partial charge is 0.493 e. The summed E-state index contributed by atoms with van der Waals surface area (Å²) in [6, 6.07) is 11.3. The highest BCUT2D eigenvalue weighted by Gasteiger charge is 2.14. The minimum absolute atomic E-state index is 0.105. The predicted octanol–water partition coefficient (Wildman–Crippen LogP) is 2.76. The van der Waals surface area contributed by atoms with E-state index >= 15 is 0 Å². The van der Waals surface area contributed by atoms with Gasteiger partial charge in [0.1, 0.15) is 12.4 Å². The third-order valence-electron chi connectivity index (χ3n) is 3.80. The molecule has 2 rings (SSSR count). The maximum absolute atomic E-state index is 12.1. The summed E-state index contributed by atoms with van der Waals surface area (Å²) >= 11 is 0. The molecule has 0 aliphatic heterocycles. The van der Waals surface area contributed by atoms with Gasteiger partial charge in [-0.2, -0.15) is 0 Å². The predicted molar refractivity (Wildman–Crippen MR) is 99.5 cm³/mol. The number of nitrogens with one attached hydrogen (secondary N) is 1. The van der Waals surface area contributed by atoms with E-state index in [1.165, 1.54) is 5.56 Å². The van der Waals surface area contributed by atoms with Crippen LogP contribution < -0.4 is 24.3 Å². The Morgan fingerprint density at radius 1 is 0.962 bits per heavy atom. The molecule has 0 aliphatic carbocycles. The Morgan fingerprint density at radius 3 is 2.12 bits per heavy atom. The molecule has 2 aromatic rings. The molecule has 1 amide bonds. The fraction of sp³-hybridized carbons (Fsp3) is 0.350. The molecule has 2 aromatic carbocycles. The van der Waals surface area contributed by atoms with Crippen LogP contribution in [0.3, 0.4) is 0 Å². The first-order chi connectivity index (χ1) is 12.6. The molecule has 6 heteroatoms. The summed E-state index contributed by atoms with van der Waals surface area (Å²) in [5, 5.41) is 2.84. The molecule has 0 spiro atoms. The second kappa shape index (κ2) is 9.56. The fourth-order valence-corrected chi connectivity index (χ4v) is 2.48. The Hall–Kier alpha value is -2.89. The molecule has 0 saturated heterocycles. The van der Waals surface area contributed by atoms with Gasteiger partial charge in [0.25, 0.3) is 0 Å². The number of carbonyl (C=O) groups excluding carboxylic acids is 1. The lowest BCUT2D eigenvalue weighted by atomic mass is 10.1. The summed E-state index contributed by atoms with van der Waals surface area (Å²) in [4.78, 5) is 12.1. The Kier molecular flexibility index (Phi) is 7.14. The first kappa shape index (κ1) is 19.4. The smallest absolute Gasteiger partial charge is 0.224 e. The molecule has 0 radical (unpaired) electrons. The van der Waals surface area contributed by atoms with Crippen molar-refractivity contribution in [1.82, 2.24) is 5.32 Å². The van der Waals surface area contributed by atoms with Gasteiger partial charge in [-0.3, -0.25) is 4.79 Å². The monoisotopic (exact) mass is 359 g/mol. The van der Waals surface area contributed by atoms with E-state index in [4.69, 9.17) is 18.9 Å². The van der Waals surface area contributed by atoms with E-state index in [1.807, 2.05) is 31.2 Å². The van der Waals surface area contributed by atoms with E-state index in [2.05, 4.69) is 5.32 Å². The average Bonchev–Trinajstić information content (AvgIpc) is 2.65. The molecule has 0 aliphatic rings. The van der Waals surface area contributed by atoms with Crippen molar-refractivity contribution in [2.24, 2.45) is 0 Å². The van der Waals surface area contributed by atoms with Crippen LogP contribution in [0.5, 0.6) is 23.0 Å². The molecule has 0 unspecified atom stereocenters. The van der Waals surface area contributed by atoms with Gasteiger partial charge in [-0.05, 0) is 36.8 Å². The zero-order valence-corrected chi connectivity index (χ0v) is 15.6. The molecule has 0 bridgehead atoms. The zero-order chi connectivity index (χ0) is 18.9. The van der Waals surface area contributed by atoms with E-state index in [-0.39, 0.29) is 12.3 Å². The lowest BCUT2D eigenvalue weighted by Gasteiger charge is -2.14. The highest BCUT2D eigenvalue weighted by atomic mass is 16.5. The van der Waals surface area contributed by atoms with Crippen molar-refractivity contribution in [3.8, 4) is 23.0 Å². The van der Waals surface area contributed by atoms with Crippen molar-refractivity contribution in [1.29, 1.82) is 0 Å². The van der Waals surface area contributed by atoms with Gasteiger partial charge in [-0.1, -0.05) is 17.7 Å². The van der Waals surface area contributed by atoms with E-state index in [0.29, 0.717) is 30.4 Å². The van der Waals surface area contributed by atoms with Crippen molar-refractivity contribution in [3.63, 3.8) is 0 Å². The van der Waals surface area contributed by atoms with Crippen molar-refractivity contribution in [2.45, 2.75) is 13.3 Å². The number of methoxy groups -OCH3 is 3. The molecule has 0 heterocycles. The third-order valence-corrected chi connectivity index (χ3v) is 3.80. The molecule has 1 N–H and O–H groups in total. The van der Waals surface area contributed by atoms with Crippen LogP contribution in [0.4, 0.5) is 0 Å². The molecule has 0 aromatic heterocycles. The molecular weight excluding hydrogens is 334 g/mol. The second-order valence-electron chi connectivity index (χ2n) is 5.72. The lowest BCUT2D eigenvalue weighted by Crippen LogP contribution is -2.29. The Labute approximate surface area is 154 Å². The van der Waals surface area contributed by atoms with Crippen molar-refractivity contribution >= 4 is 5.91 Å². The maximum Gasteiger partial charge on any atom is 0.224 e. The van der Waals surface area contributed by atoms with Gasteiger partial charge in [-0.15, -0.1) is 0 Å². The number of aryl methyl sites for hydroxylation is 1. The summed E-state index contributed by atoms with van der Waals surface area (Å²) < 4.78 is 21.5. The van der Waals surface area contributed by atoms with E-state index < -0.39 is 0 Å². The third kappa shape index (κ3) is 5.31. The average molecular weight is 359 g/mol. The van der Waals surface area contributed by atoms with Crippen molar-refractivity contribution in [2.75, 3.05) is 34.5 Å². The van der Waals surface area contributed by atoms with Gasteiger partial charge in [0.2, 0.25) is 11.7 Å². The highest BCUT2D eigenvalue weighted by Crippen LogP contribution is 2.38. The van der Waals surface area contributed by atoms with Gasteiger partial charge in [0.15, 0.2) is 11.5 Å². The number of benzene rings is 2. The summed E-state index contributed by atoms with van der Waals surface area (Å²) in [5.41, 5.74) is 1.95. The van der Waals surface area contributed by atoms with E-state index in [9.17, 15) is 4.79 Å². The van der Waals surface area contributed by atoms with Crippen LogP contribution >= 0.6 is 0 Å². The number of amides is 1. The van der Waals surface area contributed by atoms with Crippen LogP contribution in [-0.2, 0) is 11.2 Å². The Morgan fingerprint density at radius 2 is 1.58 bits per heavy atom. The van der Waals surface area contributed by atoms with Gasteiger partial charge < -0.3 is 24.3 Å². The summed E-state index contributed by atoms with van der Waals surface area (Å²) in [5.74, 6) is 2.24. The van der Waals surface area contributed by atoms with E-state index in [1.54, 1.807) is 33.5 Å². The zero-order valence-electron chi connectivity index (χ0n) is 15.6. The fourth-order valence-electron chi connectivity index (χ4n) is 2.48. The first-order valence-electron chi connectivity index (χ1n) is 8.32. The number of rotatable bonds is 9. The Balaban J connectivity index is 1.86. The minimum Gasteiger partial charge on any atom is -0.493 e. The quantitative estimate of drug-likeness (QED) is 0.698. The molecular formula is C20H25NO5. The molecule has 140 valence electrons. The topological polar surface area (TPSA) is 66.0 Å². The second-order valence-corrected chi connectivity index (χ2v) is 5.72. The lowest BCUT2D eigenvalue weighted by molar-refractivity contribution is -0.120. The number of carbonyl (C=O) groups is 1. The van der Waals surface area contributed by atoms with Crippen molar-refractivity contribution < 1.29 is 23.7 Å². The van der Waals surface area contributed by atoms with Crippen LogP contribution in [0.15, 0.2) is 36.4 Å². The van der Waals surface area contributed by atoms with Crippen LogP contribution in [0.25, 0.3) is 0 Å². The first-order valence-corrected chi connectivity index (χ1v) is 8.32. The standard InChI is InChI=1S/C20H25NO5/c1-14-5-7-16(8-6-14)26-10-9-21-19(22)13-15-11-17(23-2)20(25-4)18(12-15)24-3/h5-8,11-12H,9-10,13H2,1-4H3,(H,21,22). The van der Waals surface area contributed by atoms with Crippen LogP contribution in [0.1, 0.15) is 11.1 Å². The van der Waals surface area contributed by atoms with Crippen LogP contribution in [-0.4, -0.2) is 40.4 Å². The SMILES string of the molecule is COc1cc(CC(=O)NCCOc2ccc(C)cc2)cc(OC)c1OC. The molecule has 0 fully saturated rings. The minimum atomic E-state index is -0.105. The number of hydrogen-bond acceptors (Lipinski definition) is 5. The molecule has 0 atom stereocenters. The highest BCUT2D eigenvalue weighted by molar-refractivity contribution is 5.79. The van der Waals surface area contributed by atoms with Gasteiger partial charge in [0.05, 0.1) is 34.3 Å². The molecule has 26 heavy (non-hydrogen) atoms. The molecule has 0 saturated carbocycles. The summed E-state index contributed by atoms with van der Waals surface area (Å²) in [7, 11) is 4.63. The normalized spacial score (nSPS) is 10.2. The van der Waals surface area contributed by atoms with Gasteiger partial charge in [-0.25, -0.2) is 0 Å². The van der Waals surface area contributed by atoms with Crippen LogP contribution in [0, 0.1) is 6.92 Å². The van der Waals surface area contributed by atoms with Gasteiger partial charge in [0, 0.05) is 0 Å².